The fourth-order valence-electron chi connectivity index (χ4n) is 2.55. The lowest BCUT2D eigenvalue weighted by atomic mass is 9.76. The molecule has 1 aromatic rings. The number of piperidine rings is 1. The maximum absolute atomic E-state index is 9.50. The fourth-order valence-corrected chi connectivity index (χ4v) is 2.55. The van der Waals surface area contributed by atoms with Crippen molar-refractivity contribution in [3.8, 4) is 6.07 Å². The van der Waals surface area contributed by atoms with E-state index in [0.717, 1.165) is 38.2 Å². The first-order chi connectivity index (χ1) is 8.30. The quantitative estimate of drug-likeness (QED) is 0.798. The molecule has 0 unspecified atom stereocenters. The lowest BCUT2D eigenvalue weighted by Gasteiger charge is -2.36. The monoisotopic (exact) mass is 229 g/mol. The Hall–Kier alpha value is -1.40. The van der Waals surface area contributed by atoms with E-state index in [1.165, 1.54) is 6.42 Å². The second kappa shape index (κ2) is 5.29. The number of hydrogen-bond donors (Lipinski definition) is 0. The molecule has 0 bridgehead atoms. The van der Waals surface area contributed by atoms with Crippen LogP contribution in [0.25, 0.3) is 0 Å². The van der Waals surface area contributed by atoms with Crippen LogP contribution in [0.5, 0.6) is 0 Å². The molecule has 1 aromatic heterocycles. The topological polar surface area (TPSA) is 39.9 Å². The summed E-state index contributed by atoms with van der Waals surface area (Å²) in [4.78, 5) is 6.82. The van der Waals surface area contributed by atoms with Gasteiger partial charge in [0.2, 0.25) is 0 Å². The smallest absolute Gasteiger partial charge is 0.102 e. The van der Waals surface area contributed by atoms with Gasteiger partial charge in [-0.25, -0.2) is 0 Å². The highest BCUT2D eigenvalue weighted by Crippen LogP contribution is 2.33. The second-order valence-corrected chi connectivity index (χ2v) is 4.75. The molecule has 1 fully saturated rings. The fraction of sp³-hybridized carbons (Fsp3) is 0.571. The van der Waals surface area contributed by atoms with Gasteiger partial charge in [-0.1, -0.05) is 13.0 Å². The number of nitriles is 1. The van der Waals surface area contributed by atoms with Crippen molar-refractivity contribution in [1.29, 1.82) is 5.26 Å². The summed E-state index contributed by atoms with van der Waals surface area (Å²) in [5.41, 5.74) is 0.588. The van der Waals surface area contributed by atoms with Crippen LogP contribution in [-0.4, -0.2) is 29.5 Å². The molecular formula is C14H19N3. The van der Waals surface area contributed by atoms with E-state index in [1.807, 2.05) is 18.2 Å². The van der Waals surface area contributed by atoms with Crippen LogP contribution in [0.4, 0.5) is 0 Å². The molecular weight excluding hydrogens is 210 g/mol. The molecule has 3 nitrogen and oxygen atoms in total. The Bertz CT molecular complexity index is 386. The van der Waals surface area contributed by atoms with Crippen LogP contribution < -0.4 is 0 Å². The summed E-state index contributed by atoms with van der Waals surface area (Å²) in [5, 5.41) is 9.50. The highest BCUT2D eigenvalue weighted by molar-refractivity contribution is 5.27. The van der Waals surface area contributed by atoms with Crippen molar-refractivity contribution in [3.05, 3.63) is 30.1 Å². The van der Waals surface area contributed by atoms with Crippen LogP contribution in [0.15, 0.2) is 24.4 Å². The van der Waals surface area contributed by atoms with E-state index in [9.17, 15) is 5.26 Å². The minimum atomic E-state index is -0.356. The Morgan fingerprint density at radius 2 is 2.18 bits per heavy atom. The molecule has 1 aliphatic heterocycles. The van der Waals surface area contributed by atoms with E-state index < -0.39 is 0 Å². The van der Waals surface area contributed by atoms with E-state index >= 15 is 0 Å². The lowest BCUT2D eigenvalue weighted by Crippen LogP contribution is -2.42. The van der Waals surface area contributed by atoms with Gasteiger partial charge in [-0.2, -0.15) is 5.26 Å². The maximum atomic E-state index is 9.50. The van der Waals surface area contributed by atoms with Gasteiger partial charge in [-0.15, -0.1) is 0 Å². The van der Waals surface area contributed by atoms with Gasteiger partial charge in [0.05, 0.1) is 11.8 Å². The van der Waals surface area contributed by atoms with Crippen LogP contribution in [0, 0.1) is 11.3 Å². The molecule has 17 heavy (non-hydrogen) atoms. The summed E-state index contributed by atoms with van der Waals surface area (Å²) in [6.07, 6.45) is 4.77. The Balaban J connectivity index is 2.12. The van der Waals surface area contributed by atoms with Crippen molar-refractivity contribution < 1.29 is 0 Å². The van der Waals surface area contributed by atoms with E-state index in [-0.39, 0.29) is 5.41 Å². The molecule has 0 aromatic carbocycles. The predicted octanol–water partition coefficient (Wildman–Crippen LogP) is 2.35. The number of hydrogen-bond acceptors (Lipinski definition) is 3. The summed E-state index contributed by atoms with van der Waals surface area (Å²) < 4.78 is 0. The van der Waals surface area contributed by atoms with Crippen molar-refractivity contribution in [3.63, 3.8) is 0 Å². The zero-order chi connectivity index (χ0) is 12.1. The van der Waals surface area contributed by atoms with Crippen molar-refractivity contribution in [2.45, 2.75) is 31.6 Å². The van der Waals surface area contributed by atoms with Gasteiger partial charge in [0, 0.05) is 19.3 Å². The predicted molar refractivity (Wildman–Crippen MR) is 67.5 cm³/mol. The SMILES string of the molecule is CCCN1CCC(C#N)(c2ccccn2)CC1. The normalized spacial score (nSPS) is 19.8. The molecule has 0 saturated carbocycles. The van der Waals surface area contributed by atoms with E-state index in [1.54, 1.807) is 6.20 Å². The summed E-state index contributed by atoms with van der Waals surface area (Å²) in [5.74, 6) is 0. The van der Waals surface area contributed by atoms with Gasteiger partial charge in [0.1, 0.15) is 5.41 Å². The summed E-state index contributed by atoms with van der Waals surface area (Å²) >= 11 is 0. The lowest BCUT2D eigenvalue weighted by molar-refractivity contribution is 0.184. The number of likely N-dealkylation sites (tertiary alicyclic amines) is 1. The van der Waals surface area contributed by atoms with Crippen LogP contribution in [0.2, 0.25) is 0 Å². The van der Waals surface area contributed by atoms with Gasteiger partial charge in [-0.3, -0.25) is 4.98 Å². The van der Waals surface area contributed by atoms with Gasteiger partial charge in [0.25, 0.3) is 0 Å². The second-order valence-electron chi connectivity index (χ2n) is 4.75. The standard InChI is InChI=1S/C14H19N3/c1-2-9-17-10-6-14(12-15,7-11-17)13-5-3-4-8-16-13/h3-5,8H,2,6-7,9-11H2,1H3. The summed E-state index contributed by atoms with van der Waals surface area (Å²) in [6, 6.07) is 8.37. The highest BCUT2D eigenvalue weighted by atomic mass is 15.1. The highest BCUT2D eigenvalue weighted by Gasteiger charge is 2.37. The molecule has 90 valence electrons. The molecule has 0 spiro atoms. The molecule has 2 rings (SSSR count). The van der Waals surface area contributed by atoms with E-state index in [0.29, 0.717) is 0 Å². The van der Waals surface area contributed by atoms with Gasteiger partial charge in [-0.05, 0) is 37.9 Å². The van der Waals surface area contributed by atoms with Crippen LogP contribution in [0.3, 0.4) is 0 Å². The Morgan fingerprint density at radius 3 is 2.71 bits per heavy atom. The number of nitrogens with zero attached hydrogens (tertiary/aromatic N) is 3. The van der Waals surface area contributed by atoms with Crippen LogP contribution in [0.1, 0.15) is 31.9 Å². The average molecular weight is 229 g/mol. The zero-order valence-corrected chi connectivity index (χ0v) is 10.4. The van der Waals surface area contributed by atoms with Crippen molar-refractivity contribution >= 4 is 0 Å². The molecule has 0 atom stereocenters. The minimum absolute atomic E-state index is 0.356. The van der Waals surface area contributed by atoms with Crippen molar-refractivity contribution in [1.82, 2.24) is 9.88 Å². The molecule has 0 N–H and O–H groups in total. The van der Waals surface area contributed by atoms with Crippen molar-refractivity contribution in [2.24, 2.45) is 0 Å². The largest absolute Gasteiger partial charge is 0.303 e. The first kappa shape index (κ1) is 12.1. The average Bonchev–Trinajstić information content (AvgIpc) is 2.41. The maximum Gasteiger partial charge on any atom is 0.102 e. The van der Waals surface area contributed by atoms with E-state index in [2.05, 4.69) is 22.9 Å². The first-order valence-corrected chi connectivity index (χ1v) is 6.36. The molecule has 1 aliphatic rings. The molecule has 0 aliphatic carbocycles. The van der Waals surface area contributed by atoms with Crippen molar-refractivity contribution in [2.75, 3.05) is 19.6 Å². The van der Waals surface area contributed by atoms with Gasteiger partial charge < -0.3 is 4.90 Å². The third-order valence-electron chi connectivity index (χ3n) is 3.62. The molecule has 1 saturated heterocycles. The Morgan fingerprint density at radius 1 is 1.41 bits per heavy atom. The number of rotatable bonds is 3. The van der Waals surface area contributed by atoms with Crippen LogP contribution in [-0.2, 0) is 5.41 Å². The zero-order valence-electron chi connectivity index (χ0n) is 10.4. The molecule has 0 amide bonds. The third-order valence-corrected chi connectivity index (χ3v) is 3.62. The minimum Gasteiger partial charge on any atom is -0.303 e. The molecule has 2 heterocycles. The van der Waals surface area contributed by atoms with E-state index in [4.69, 9.17) is 0 Å². The van der Waals surface area contributed by atoms with Gasteiger partial charge in [0.15, 0.2) is 0 Å². The Labute approximate surface area is 103 Å². The van der Waals surface area contributed by atoms with Crippen LogP contribution >= 0.6 is 0 Å². The summed E-state index contributed by atoms with van der Waals surface area (Å²) in [6.45, 7) is 5.37. The Kier molecular flexibility index (Phi) is 3.75. The third kappa shape index (κ3) is 2.48. The van der Waals surface area contributed by atoms with Gasteiger partial charge >= 0.3 is 0 Å². The molecule has 3 heteroatoms. The number of pyridine rings is 1. The molecule has 0 radical (unpaired) electrons. The first-order valence-electron chi connectivity index (χ1n) is 6.36. The summed E-state index contributed by atoms with van der Waals surface area (Å²) in [7, 11) is 0. The number of aromatic nitrogens is 1.